The van der Waals surface area contributed by atoms with Crippen molar-refractivity contribution in [1.29, 1.82) is 0 Å². The van der Waals surface area contributed by atoms with Crippen LogP contribution in [0.2, 0.25) is 0 Å². The molecule has 0 atom stereocenters. The Hall–Kier alpha value is -9.61. The molecule has 0 unspecified atom stereocenters. The van der Waals surface area contributed by atoms with E-state index in [1.165, 1.54) is 10.9 Å². The van der Waals surface area contributed by atoms with Gasteiger partial charge in [0.15, 0.2) is 11.5 Å². The summed E-state index contributed by atoms with van der Waals surface area (Å²) in [6, 6.07) is 37.3. The highest BCUT2D eigenvalue weighted by Crippen LogP contribution is 2.29. The molecule has 0 saturated carbocycles. The third kappa shape index (κ3) is 19.1. The average molecular weight is 1290 g/mol. The number of unbranched alkanes of at least 4 members (excludes halogenated alkanes) is 2. The van der Waals surface area contributed by atoms with E-state index in [1.807, 2.05) is 97.9 Å². The Balaban J connectivity index is 0.000000147. The highest BCUT2D eigenvalue weighted by Gasteiger charge is 2.19. The molecular formula is C73H87N15O7. The summed E-state index contributed by atoms with van der Waals surface area (Å²) < 4.78 is 33.1. The van der Waals surface area contributed by atoms with Crippen molar-refractivity contribution in [3.05, 3.63) is 179 Å². The molecule has 22 heteroatoms. The van der Waals surface area contributed by atoms with Gasteiger partial charge in [0.1, 0.15) is 29.1 Å². The van der Waals surface area contributed by atoms with Gasteiger partial charge in [-0.3, -0.25) is 15.0 Å². The lowest BCUT2D eigenvalue weighted by molar-refractivity contribution is 0.122. The summed E-state index contributed by atoms with van der Waals surface area (Å²) >= 11 is 0. The standard InChI is InChI=1S/C29H33N5O3.2C22H27N5O2/c1-35-26-11-10-21(16-27(26)36-2)6-5-9-28-32-23(17-29(33-28)34-12-14-37-15-13-34)20-30-18-22-19-31-25-8-4-3-7-24(22)25;28-10-4-3-7-21-25-18(13-22(26-21)27-8-11-29-12-9-27)16-23-14-17-15-24-20-6-2-1-5-19(17)20;1-2-3-10-29-22-25-18(13-21(26-22)27-8-11-28-12-9-27)16-23-14-17-15-24-20-7-5-4-6-19(17)20/h3-4,7-8,10-11,16-19,31H,5-6,9,12-15,20H2,1-2H3;1-2,5-6,13-15,24,28H,3-4,7-12,16H2;4-7,13-15,24H,2-3,8-12,16H2,1H3. The summed E-state index contributed by atoms with van der Waals surface area (Å²) in [5.41, 5.74) is 10.4. The number of hydrogen-bond acceptors (Lipinski definition) is 19. The first-order valence-electron chi connectivity index (χ1n) is 33.1. The number of morpholine rings is 3. The molecule has 4 N–H and O–H groups in total. The molecule has 3 saturated heterocycles. The van der Waals surface area contributed by atoms with E-state index in [-0.39, 0.29) is 6.61 Å². The van der Waals surface area contributed by atoms with Crippen molar-refractivity contribution in [3.8, 4) is 17.5 Å². The second-order valence-corrected chi connectivity index (χ2v) is 23.3. The number of ether oxygens (including phenoxy) is 6. The van der Waals surface area contributed by atoms with Gasteiger partial charge in [0.05, 0.1) is 97.2 Å². The Morgan fingerprint density at radius 2 is 0.905 bits per heavy atom. The molecule has 4 aromatic carbocycles. The van der Waals surface area contributed by atoms with Gasteiger partial charge in [0.25, 0.3) is 0 Å². The Labute approximate surface area is 555 Å². The Bertz CT molecular complexity index is 3950. The minimum atomic E-state index is 0.199. The van der Waals surface area contributed by atoms with Gasteiger partial charge in [0, 0.05) is 164 Å². The smallest absolute Gasteiger partial charge is 0.318 e. The van der Waals surface area contributed by atoms with Gasteiger partial charge in [-0.05, 0) is 68.0 Å². The molecule has 0 radical (unpaired) electrons. The second-order valence-electron chi connectivity index (χ2n) is 23.3. The molecule has 6 aromatic heterocycles. The normalized spacial score (nSPS) is 14.5. The van der Waals surface area contributed by atoms with Crippen molar-refractivity contribution < 1.29 is 33.5 Å². The van der Waals surface area contributed by atoms with Gasteiger partial charge in [0.2, 0.25) is 0 Å². The van der Waals surface area contributed by atoms with Gasteiger partial charge in [-0.25, -0.2) is 19.9 Å². The van der Waals surface area contributed by atoms with Crippen LogP contribution in [0.25, 0.3) is 32.7 Å². The van der Waals surface area contributed by atoms with Crippen molar-refractivity contribution in [2.24, 2.45) is 15.0 Å². The zero-order valence-electron chi connectivity index (χ0n) is 54.8. The van der Waals surface area contributed by atoms with E-state index in [2.05, 4.69) is 105 Å². The fraction of sp³-hybridized carbons (Fsp3) is 0.384. The maximum absolute atomic E-state index is 9.05. The molecule has 10 aromatic rings. The molecule has 9 heterocycles. The number of aliphatic hydroxyl groups is 1. The van der Waals surface area contributed by atoms with Crippen LogP contribution in [0.5, 0.6) is 17.5 Å². The maximum atomic E-state index is 9.05. The third-order valence-corrected chi connectivity index (χ3v) is 16.5. The summed E-state index contributed by atoms with van der Waals surface area (Å²) in [4.78, 5) is 59.0. The number of methoxy groups -OCH3 is 2. The van der Waals surface area contributed by atoms with Gasteiger partial charge >= 0.3 is 6.01 Å². The molecule has 0 bridgehead atoms. The van der Waals surface area contributed by atoms with E-state index in [9.17, 15) is 0 Å². The van der Waals surface area contributed by atoms with Crippen LogP contribution in [-0.4, -0.2) is 175 Å². The number of aromatic amines is 3. The van der Waals surface area contributed by atoms with Gasteiger partial charge in [-0.15, -0.1) is 0 Å². The lowest BCUT2D eigenvalue weighted by Gasteiger charge is -2.28. The van der Waals surface area contributed by atoms with Crippen LogP contribution >= 0.6 is 0 Å². The van der Waals surface area contributed by atoms with E-state index in [0.29, 0.717) is 58.7 Å². The van der Waals surface area contributed by atoms with E-state index >= 15 is 0 Å². The molecule has 496 valence electrons. The molecule has 95 heavy (non-hydrogen) atoms. The fourth-order valence-corrected chi connectivity index (χ4v) is 11.4. The topological polar surface area (TPSA) is 247 Å². The van der Waals surface area contributed by atoms with Crippen molar-refractivity contribution in [2.45, 2.75) is 77.9 Å². The van der Waals surface area contributed by atoms with Gasteiger partial charge in [-0.1, -0.05) is 74.0 Å². The van der Waals surface area contributed by atoms with Gasteiger partial charge < -0.3 is 63.2 Å². The number of nitrogens with zero attached hydrogens (tertiary/aromatic N) is 12. The monoisotopic (exact) mass is 1290 g/mol. The number of aliphatic imine (C=N–C) groups is 3. The number of aromatic nitrogens is 9. The molecule has 22 nitrogen and oxygen atoms in total. The first kappa shape index (κ1) is 66.8. The van der Waals surface area contributed by atoms with Crippen molar-refractivity contribution in [1.82, 2.24) is 44.9 Å². The van der Waals surface area contributed by atoms with Crippen LogP contribution in [0.3, 0.4) is 0 Å². The number of hydrogen-bond donors (Lipinski definition) is 4. The summed E-state index contributed by atoms with van der Waals surface area (Å²) in [6.45, 7) is 13.7. The second kappa shape index (κ2) is 35.1. The maximum Gasteiger partial charge on any atom is 0.318 e. The number of benzene rings is 4. The zero-order valence-corrected chi connectivity index (χ0v) is 54.8. The third-order valence-electron chi connectivity index (χ3n) is 16.5. The minimum absolute atomic E-state index is 0.199. The summed E-state index contributed by atoms with van der Waals surface area (Å²) in [7, 11) is 3.31. The Kier molecular flexibility index (Phi) is 24.7. The van der Waals surface area contributed by atoms with Crippen LogP contribution in [-0.2, 0) is 53.1 Å². The lowest BCUT2D eigenvalue weighted by atomic mass is 10.1. The van der Waals surface area contributed by atoms with Crippen LogP contribution < -0.4 is 28.9 Å². The number of anilines is 3. The molecular weight excluding hydrogens is 1200 g/mol. The van der Waals surface area contributed by atoms with Crippen molar-refractivity contribution in [2.75, 3.05) is 121 Å². The number of aryl methyl sites for hydroxylation is 3. The van der Waals surface area contributed by atoms with Crippen molar-refractivity contribution in [3.63, 3.8) is 0 Å². The van der Waals surface area contributed by atoms with E-state index < -0.39 is 0 Å². The molecule has 3 fully saturated rings. The van der Waals surface area contributed by atoms with Crippen LogP contribution in [0.4, 0.5) is 17.5 Å². The first-order valence-corrected chi connectivity index (χ1v) is 33.1. The number of nitrogens with one attached hydrogen (secondary N) is 3. The molecule has 0 aliphatic carbocycles. The molecule has 3 aliphatic heterocycles. The SMILES string of the molecule is CCCCOc1nc(CN=Cc2c[nH]c3ccccc23)cc(N2CCOCC2)n1.COc1ccc(CCCc2nc(CN=Cc3c[nH]c4ccccc34)cc(N3CCOCC3)n2)cc1OC.OCCCCc1nc(CN=Cc2c[nH]c3ccccc23)cc(N2CCOCC2)n1. The first-order chi connectivity index (χ1) is 46.9. The lowest BCUT2D eigenvalue weighted by Crippen LogP contribution is -2.37. The summed E-state index contributed by atoms with van der Waals surface area (Å²) in [5, 5.41) is 12.5. The number of fused-ring (bicyclic) bond motifs is 3. The molecule has 0 amide bonds. The Morgan fingerprint density at radius 1 is 0.474 bits per heavy atom. The highest BCUT2D eigenvalue weighted by molar-refractivity contribution is 6.00. The molecule has 0 spiro atoms. The van der Waals surface area contributed by atoms with Crippen LogP contribution in [0, 0.1) is 0 Å². The number of H-pyrrole nitrogens is 3. The van der Waals surface area contributed by atoms with E-state index in [4.69, 9.17) is 58.5 Å². The zero-order chi connectivity index (χ0) is 65.2. The summed E-state index contributed by atoms with van der Waals surface area (Å²) in [6.07, 6.45) is 18.8. The minimum Gasteiger partial charge on any atom is -0.493 e. The van der Waals surface area contributed by atoms with Crippen LogP contribution in [0.15, 0.2) is 143 Å². The number of aliphatic hydroxyl groups excluding tert-OH is 1. The van der Waals surface area contributed by atoms with E-state index in [0.717, 1.165) is 206 Å². The highest BCUT2D eigenvalue weighted by atomic mass is 16.5. The summed E-state index contributed by atoms with van der Waals surface area (Å²) in [5.74, 6) is 5.94. The van der Waals surface area contributed by atoms with E-state index in [1.54, 1.807) is 14.2 Å². The van der Waals surface area contributed by atoms with Crippen molar-refractivity contribution >= 4 is 68.8 Å². The molecule has 13 rings (SSSR count). The quantitative estimate of drug-likeness (QED) is 0.0291. The Morgan fingerprint density at radius 3 is 1.35 bits per heavy atom. The predicted molar refractivity (Wildman–Crippen MR) is 376 cm³/mol. The van der Waals surface area contributed by atoms with Crippen LogP contribution in [0.1, 0.15) is 90.0 Å². The number of para-hydroxylation sites is 3. The molecule has 3 aliphatic rings. The largest absolute Gasteiger partial charge is 0.493 e. The average Bonchev–Trinajstić information content (AvgIpc) is 2.37. The number of rotatable bonds is 26. The fourth-order valence-electron chi connectivity index (χ4n) is 11.4. The predicted octanol–water partition coefficient (Wildman–Crippen LogP) is 10.9. The van der Waals surface area contributed by atoms with Gasteiger partial charge in [-0.2, -0.15) is 9.97 Å².